The van der Waals surface area contributed by atoms with Gasteiger partial charge >= 0.3 is 0 Å². The van der Waals surface area contributed by atoms with Crippen LogP contribution in [0.2, 0.25) is 0 Å². The number of carbonyl (C=O) groups is 1. The molecule has 2 fully saturated rings. The molecule has 23 heavy (non-hydrogen) atoms. The van der Waals surface area contributed by atoms with Gasteiger partial charge in [-0.3, -0.25) is 4.79 Å². The van der Waals surface area contributed by atoms with Crippen molar-refractivity contribution in [1.82, 2.24) is 19.7 Å². The van der Waals surface area contributed by atoms with Crippen LogP contribution in [0.15, 0.2) is 12.3 Å². The molecule has 1 aliphatic heterocycles. The van der Waals surface area contributed by atoms with Crippen molar-refractivity contribution < 1.29 is 9.90 Å². The number of aromatic nitrogens is 3. The van der Waals surface area contributed by atoms with Crippen molar-refractivity contribution in [3.05, 3.63) is 23.5 Å². The third-order valence-corrected chi connectivity index (χ3v) is 4.75. The molecule has 2 aliphatic rings. The van der Waals surface area contributed by atoms with Gasteiger partial charge in [0.1, 0.15) is 0 Å². The molecule has 2 aromatic rings. The molecule has 6 nitrogen and oxygen atoms in total. The third kappa shape index (κ3) is 2.51. The average Bonchev–Trinajstić information content (AvgIpc) is 3.14. The second kappa shape index (κ2) is 5.30. The van der Waals surface area contributed by atoms with Crippen LogP contribution >= 0.6 is 0 Å². The van der Waals surface area contributed by atoms with Gasteiger partial charge in [0.15, 0.2) is 5.65 Å². The van der Waals surface area contributed by atoms with Gasteiger partial charge in [0.25, 0.3) is 5.91 Å². The summed E-state index contributed by atoms with van der Waals surface area (Å²) < 4.78 is 1.89. The van der Waals surface area contributed by atoms with E-state index in [0.717, 1.165) is 29.6 Å². The highest BCUT2D eigenvalue weighted by molar-refractivity contribution is 6.05. The van der Waals surface area contributed by atoms with Crippen LogP contribution in [-0.2, 0) is 0 Å². The number of likely N-dealkylation sites (tertiary alicyclic amines) is 1. The molecule has 1 amide bonds. The van der Waals surface area contributed by atoms with E-state index in [1.807, 2.05) is 10.7 Å². The Morgan fingerprint density at radius 3 is 2.74 bits per heavy atom. The number of carbonyl (C=O) groups excluding carboxylic acids is 1. The molecule has 3 heterocycles. The predicted molar refractivity (Wildman–Crippen MR) is 86.4 cm³/mol. The lowest BCUT2D eigenvalue weighted by molar-refractivity contribution is 0.0766. The van der Waals surface area contributed by atoms with Crippen LogP contribution in [0.3, 0.4) is 0 Å². The fraction of sp³-hybridized carbons (Fsp3) is 0.588. The van der Waals surface area contributed by atoms with Gasteiger partial charge < -0.3 is 10.0 Å². The molecule has 122 valence electrons. The van der Waals surface area contributed by atoms with Crippen molar-refractivity contribution >= 4 is 16.9 Å². The lowest BCUT2D eigenvalue weighted by Crippen LogP contribution is -2.29. The quantitative estimate of drug-likeness (QED) is 0.942. The second-order valence-corrected chi connectivity index (χ2v) is 6.98. The number of fused-ring (bicyclic) bond motifs is 1. The molecule has 2 aromatic heterocycles. The van der Waals surface area contributed by atoms with Crippen molar-refractivity contribution in [2.24, 2.45) is 0 Å². The number of nitrogens with zero attached hydrogens (tertiary/aromatic N) is 4. The van der Waals surface area contributed by atoms with E-state index >= 15 is 0 Å². The van der Waals surface area contributed by atoms with Gasteiger partial charge in [0.05, 0.1) is 23.3 Å². The first-order valence-electron chi connectivity index (χ1n) is 8.40. The van der Waals surface area contributed by atoms with Gasteiger partial charge in [-0.1, -0.05) is 0 Å². The molecule has 4 rings (SSSR count). The Hall–Kier alpha value is -1.95. The van der Waals surface area contributed by atoms with Gasteiger partial charge in [-0.05, 0) is 39.2 Å². The summed E-state index contributed by atoms with van der Waals surface area (Å²) in [7, 11) is 0. The first-order valence-corrected chi connectivity index (χ1v) is 8.40. The van der Waals surface area contributed by atoms with Crippen LogP contribution in [0.5, 0.6) is 0 Å². The Morgan fingerprint density at radius 1 is 1.35 bits per heavy atom. The van der Waals surface area contributed by atoms with E-state index in [0.29, 0.717) is 31.0 Å². The minimum atomic E-state index is -0.405. The zero-order chi connectivity index (χ0) is 16.1. The molecule has 1 atom stereocenters. The summed E-state index contributed by atoms with van der Waals surface area (Å²) >= 11 is 0. The summed E-state index contributed by atoms with van der Waals surface area (Å²) in [6.45, 7) is 5.16. The standard InChI is InChI=1S/C17H22N4O2/c1-10(2)21-16-14(8-18-21)13(7-15(19-16)11-3-4-11)17(23)20-6-5-12(22)9-20/h7-8,10-12,22H,3-6,9H2,1-2H3/t12-/m1/s1. The summed E-state index contributed by atoms with van der Waals surface area (Å²) in [4.78, 5) is 19.5. The summed E-state index contributed by atoms with van der Waals surface area (Å²) in [6.07, 6.45) is 4.28. The Kier molecular flexibility index (Phi) is 3.37. The molecule has 1 N–H and O–H groups in total. The van der Waals surface area contributed by atoms with E-state index in [1.165, 1.54) is 0 Å². The van der Waals surface area contributed by atoms with E-state index in [9.17, 15) is 9.90 Å². The van der Waals surface area contributed by atoms with Crippen LogP contribution in [-0.4, -0.2) is 49.9 Å². The first-order chi connectivity index (χ1) is 11.0. The minimum absolute atomic E-state index is 0.0147. The smallest absolute Gasteiger partial charge is 0.254 e. The summed E-state index contributed by atoms with van der Waals surface area (Å²) in [5.74, 6) is 0.463. The number of aliphatic hydroxyl groups is 1. The normalized spacial score (nSPS) is 21.6. The van der Waals surface area contributed by atoms with Crippen molar-refractivity contribution in [2.75, 3.05) is 13.1 Å². The van der Waals surface area contributed by atoms with E-state index in [1.54, 1.807) is 11.1 Å². The molecule has 1 saturated carbocycles. The van der Waals surface area contributed by atoms with Gasteiger partial charge in [-0.2, -0.15) is 5.10 Å². The lowest BCUT2D eigenvalue weighted by atomic mass is 10.1. The van der Waals surface area contributed by atoms with Gasteiger partial charge in [0.2, 0.25) is 0 Å². The summed E-state index contributed by atoms with van der Waals surface area (Å²) in [5, 5.41) is 15.0. The molecule has 0 unspecified atom stereocenters. The van der Waals surface area contributed by atoms with Crippen molar-refractivity contribution in [3.8, 4) is 0 Å². The minimum Gasteiger partial charge on any atom is -0.391 e. The van der Waals surface area contributed by atoms with Gasteiger partial charge in [-0.25, -0.2) is 9.67 Å². The fourth-order valence-corrected chi connectivity index (χ4v) is 3.28. The highest BCUT2D eigenvalue weighted by Gasteiger charge is 2.31. The van der Waals surface area contributed by atoms with Gasteiger partial charge in [0, 0.05) is 30.7 Å². The third-order valence-electron chi connectivity index (χ3n) is 4.75. The maximum atomic E-state index is 12.9. The molecular formula is C17H22N4O2. The zero-order valence-electron chi connectivity index (χ0n) is 13.6. The molecule has 1 aliphatic carbocycles. The summed E-state index contributed by atoms with van der Waals surface area (Å²) in [5.41, 5.74) is 2.48. The van der Waals surface area contributed by atoms with Crippen LogP contribution in [0.25, 0.3) is 11.0 Å². The average molecular weight is 314 g/mol. The maximum absolute atomic E-state index is 12.9. The Balaban J connectivity index is 1.82. The highest BCUT2D eigenvalue weighted by Crippen LogP contribution is 2.40. The second-order valence-electron chi connectivity index (χ2n) is 6.98. The molecule has 1 saturated heterocycles. The zero-order valence-corrected chi connectivity index (χ0v) is 13.6. The first kappa shape index (κ1) is 14.6. The number of pyridine rings is 1. The number of amides is 1. The van der Waals surface area contributed by atoms with Gasteiger partial charge in [-0.15, -0.1) is 0 Å². The molecular weight excluding hydrogens is 292 g/mol. The van der Waals surface area contributed by atoms with Crippen molar-refractivity contribution in [3.63, 3.8) is 0 Å². The topological polar surface area (TPSA) is 71.2 Å². The van der Waals surface area contributed by atoms with Crippen LogP contribution < -0.4 is 0 Å². The molecule has 0 aromatic carbocycles. The Labute approximate surface area is 135 Å². The Morgan fingerprint density at radius 2 is 2.13 bits per heavy atom. The number of hydrogen-bond donors (Lipinski definition) is 1. The van der Waals surface area contributed by atoms with Crippen LogP contribution in [0, 0.1) is 0 Å². The van der Waals surface area contributed by atoms with E-state index in [-0.39, 0.29) is 11.9 Å². The molecule has 0 bridgehead atoms. The number of rotatable bonds is 3. The highest BCUT2D eigenvalue weighted by atomic mass is 16.3. The fourth-order valence-electron chi connectivity index (χ4n) is 3.28. The SMILES string of the molecule is CC(C)n1ncc2c(C(=O)N3CC[C@@H](O)C3)cc(C3CC3)nc21. The number of β-amino-alcohol motifs (C(OH)–C–C–N with tert-alkyl or cyclic N) is 1. The van der Waals surface area contributed by atoms with Crippen LogP contribution in [0.4, 0.5) is 0 Å². The predicted octanol–water partition coefficient (Wildman–Crippen LogP) is 2.10. The molecule has 6 heteroatoms. The Bertz CT molecular complexity index is 763. The largest absolute Gasteiger partial charge is 0.391 e. The summed E-state index contributed by atoms with van der Waals surface area (Å²) in [6, 6.07) is 2.14. The van der Waals surface area contributed by atoms with E-state index in [4.69, 9.17) is 4.98 Å². The van der Waals surface area contributed by atoms with E-state index < -0.39 is 6.10 Å². The van der Waals surface area contributed by atoms with E-state index in [2.05, 4.69) is 18.9 Å². The van der Waals surface area contributed by atoms with Crippen LogP contribution in [0.1, 0.15) is 61.1 Å². The maximum Gasteiger partial charge on any atom is 0.254 e. The lowest BCUT2D eigenvalue weighted by Gasteiger charge is -2.17. The number of aliphatic hydroxyl groups excluding tert-OH is 1. The van der Waals surface area contributed by atoms with Crippen molar-refractivity contribution in [2.45, 2.75) is 51.2 Å². The number of hydrogen-bond acceptors (Lipinski definition) is 4. The van der Waals surface area contributed by atoms with Crippen molar-refractivity contribution in [1.29, 1.82) is 0 Å². The molecule has 0 radical (unpaired) electrons. The monoisotopic (exact) mass is 314 g/mol. The molecule has 0 spiro atoms.